The highest BCUT2D eigenvalue weighted by atomic mass is 35.5. The quantitative estimate of drug-likeness (QED) is 0.613. The van der Waals surface area contributed by atoms with Crippen LogP contribution in [0.1, 0.15) is 6.92 Å². The third kappa shape index (κ3) is 11.5. The Hall–Kier alpha value is -1.29. The highest BCUT2D eigenvalue weighted by Gasteiger charge is 1.90. The van der Waals surface area contributed by atoms with Crippen LogP contribution < -0.4 is 11.5 Å². The summed E-state index contributed by atoms with van der Waals surface area (Å²) in [6.07, 6.45) is 0. The summed E-state index contributed by atoms with van der Waals surface area (Å²) in [6, 6.07) is 0. The van der Waals surface area contributed by atoms with E-state index in [0.717, 1.165) is 0 Å². The zero-order valence-corrected chi connectivity index (χ0v) is 7.52. The van der Waals surface area contributed by atoms with Crippen LogP contribution in [0.5, 0.6) is 0 Å². The van der Waals surface area contributed by atoms with Crippen molar-refractivity contribution < 1.29 is 9.59 Å². The van der Waals surface area contributed by atoms with E-state index in [1.54, 1.807) is 6.92 Å². The predicted molar refractivity (Wildman–Crippen MR) is 48.2 cm³/mol. The smallest absolute Gasteiger partial charge is 0.259 e. The average molecular weight is 191 g/mol. The summed E-state index contributed by atoms with van der Waals surface area (Å²) in [5, 5.41) is -0.130. The molecule has 5 heteroatoms. The summed E-state index contributed by atoms with van der Waals surface area (Å²) in [7, 11) is 0. The van der Waals surface area contributed by atoms with Crippen LogP contribution in [-0.4, -0.2) is 11.8 Å². The fourth-order valence-electron chi connectivity index (χ4n) is 0. The van der Waals surface area contributed by atoms with Gasteiger partial charge in [-0.15, -0.1) is 0 Å². The number of primary amides is 2. The third-order valence-electron chi connectivity index (χ3n) is 0.688. The zero-order chi connectivity index (χ0) is 10.3. The molecule has 4 nitrogen and oxygen atoms in total. The number of rotatable bonds is 2. The highest BCUT2D eigenvalue weighted by Crippen LogP contribution is 1.90. The van der Waals surface area contributed by atoms with Crippen LogP contribution in [0.25, 0.3) is 0 Å². The SMILES string of the molecule is C=C(C)C(N)=O.C=C(Cl)C(N)=O. The van der Waals surface area contributed by atoms with Gasteiger partial charge in [0, 0.05) is 5.57 Å². The number of carbonyl (C=O) groups is 2. The molecule has 0 aromatic rings. The lowest BCUT2D eigenvalue weighted by Gasteiger charge is -1.81. The Labute approximate surface area is 75.9 Å². The monoisotopic (exact) mass is 190 g/mol. The topological polar surface area (TPSA) is 86.2 Å². The Bertz CT molecular complexity index is 175. The van der Waals surface area contributed by atoms with Crippen LogP contribution in [0.2, 0.25) is 0 Å². The van der Waals surface area contributed by atoms with E-state index < -0.39 is 11.8 Å². The molecular formula is C7H11ClN2O2. The van der Waals surface area contributed by atoms with Crippen LogP contribution in [0.15, 0.2) is 23.8 Å². The van der Waals surface area contributed by atoms with Gasteiger partial charge >= 0.3 is 0 Å². The Morgan fingerprint density at radius 2 is 1.33 bits per heavy atom. The van der Waals surface area contributed by atoms with Crippen LogP contribution in [0, 0.1) is 0 Å². The fourth-order valence-corrected chi connectivity index (χ4v) is 0. The van der Waals surface area contributed by atoms with Gasteiger partial charge in [-0.2, -0.15) is 0 Å². The number of halogens is 1. The van der Waals surface area contributed by atoms with Crippen LogP contribution in [0.4, 0.5) is 0 Å². The van der Waals surface area contributed by atoms with E-state index in [1.807, 2.05) is 0 Å². The first-order chi connectivity index (χ1) is 5.29. The van der Waals surface area contributed by atoms with Crippen molar-refractivity contribution in [1.82, 2.24) is 0 Å². The number of hydrogen-bond acceptors (Lipinski definition) is 2. The van der Waals surface area contributed by atoms with E-state index in [0.29, 0.717) is 5.57 Å². The molecule has 0 aromatic heterocycles. The minimum absolute atomic E-state index is 0.130. The fraction of sp³-hybridized carbons (Fsp3) is 0.143. The van der Waals surface area contributed by atoms with E-state index in [1.165, 1.54) is 0 Å². The second kappa shape index (κ2) is 6.42. The van der Waals surface area contributed by atoms with Crippen molar-refractivity contribution in [2.24, 2.45) is 11.5 Å². The lowest BCUT2D eigenvalue weighted by molar-refractivity contribution is -0.115. The first kappa shape index (κ1) is 13.3. The number of hydrogen-bond donors (Lipinski definition) is 2. The lowest BCUT2D eigenvalue weighted by atomic mass is 10.3. The second-order valence-corrected chi connectivity index (χ2v) is 2.37. The summed E-state index contributed by atoms with van der Waals surface area (Å²) in [4.78, 5) is 19.5. The maximum absolute atomic E-state index is 9.82. The molecule has 0 aliphatic carbocycles. The average Bonchev–Trinajstić information content (AvgIpc) is 1.88. The lowest BCUT2D eigenvalue weighted by Crippen LogP contribution is -2.10. The van der Waals surface area contributed by atoms with E-state index in [-0.39, 0.29) is 5.03 Å². The molecule has 0 aliphatic rings. The van der Waals surface area contributed by atoms with Gasteiger partial charge in [-0.3, -0.25) is 9.59 Å². The van der Waals surface area contributed by atoms with E-state index >= 15 is 0 Å². The first-order valence-corrected chi connectivity index (χ1v) is 3.26. The molecular weight excluding hydrogens is 180 g/mol. The Morgan fingerprint density at radius 3 is 1.33 bits per heavy atom. The summed E-state index contributed by atoms with van der Waals surface area (Å²) in [6.45, 7) is 7.90. The summed E-state index contributed by atoms with van der Waals surface area (Å²) >= 11 is 4.94. The molecule has 0 fully saturated rings. The Kier molecular flexibility index (Phi) is 7.12. The maximum Gasteiger partial charge on any atom is 0.259 e. The molecule has 12 heavy (non-hydrogen) atoms. The van der Waals surface area contributed by atoms with Gasteiger partial charge in [0.15, 0.2) is 0 Å². The predicted octanol–water partition coefficient (Wildman–Crippen LogP) is 0.272. The molecule has 0 atom stereocenters. The molecule has 0 saturated carbocycles. The normalized spacial score (nSPS) is 7.50. The molecule has 0 aromatic carbocycles. The van der Waals surface area contributed by atoms with Crippen molar-refractivity contribution >= 4 is 23.4 Å². The minimum Gasteiger partial charge on any atom is -0.366 e. The molecule has 0 bridgehead atoms. The van der Waals surface area contributed by atoms with E-state index in [4.69, 9.17) is 17.3 Å². The Balaban J connectivity index is 0. The van der Waals surface area contributed by atoms with Crippen LogP contribution in [-0.2, 0) is 9.59 Å². The maximum atomic E-state index is 9.82. The van der Waals surface area contributed by atoms with Gasteiger partial charge < -0.3 is 11.5 Å². The number of nitrogens with two attached hydrogens (primary N) is 2. The van der Waals surface area contributed by atoms with Gasteiger partial charge in [-0.25, -0.2) is 0 Å². The van der Waals surface area contributed by atoms with Gasteiger partial charge in [0.2, 0.25) is 5.91 Å². The molecule has 0 aliphatic heterocycles. The van der Waals surface area contributed by atoms with Crippen LogP contribution >= 0.6 is 11.6 Å². The van der Waals surface area contributed by atoms with Crippen molar-refractivity contribution in [3.05, 3.63) is 23.8 Å². The molecule has 0 rings (SSSR count). The van der Waals surface area contributed by atoms with Gasteiger partial charge in [-0.05, 0) is 6.92 Å². The summed E-state index contributed by atoms with van der Waals surface area (Å²) < 4.78 is 0. The minimum atomic E-state index is -0.670. The third-order valence-corrected chi connectivity index (χ3v) is 0.874. The molecule has 0 spiro atoms. The molecule has 4 N–H and O–H groups in total. The van der Waals surface area contributed by atoms with Gasteiger partial charge in [-0.1, -0.05) is 24.8 Å². The summed E-state index contributed by atoms with van der Waals surface area (Å²) in [5.74, 6) is -1.10. The van der Waals surface area contributed by atoms with Crippen molar-refractivity contribution in [2.45, 2.75) is 6.92 Å². The molecule has 0 heterocycles. The largest absolute Gasteiger partial charge is 0.366 e. The second-order valence-electron chi connectivity index (χ2n) is 1.91. The van der Waals surface area contributed by atoms with E-state index in [9.17, 15) is 9.59 Å². The van der Waals surface area contributed by atoms with Gasteiger partial charge in [0.25, 0.3) is 5.91 Å². The number of carbonyl (C=O) groups excluding carboxylic acids is 2. The molecule has 2 amide bonds. The van der Waals surface area contributed by atoms with Crippen molar-refractivity contribution in [1.29, 1.82) is 0 Å². The van der Waals surface area contributed by atoms with Gasteiger partial charge in [0.1, 0.15) is 0 Å². The first-order valence-electron chi connectivity index (χ1n) is 2.88. The van der Waals surface area contributed by atoms with Crippen molar-refractivity contribution in [2.75, 3.05) is 0 Å². The standard InChI is InChI=1S/C4H7NO.C3H4ClNO/c1-3(2)4(5)6;1-2(4)3(5)6/h1H2,2H3,(H2,5,6);1H2,(H2,5,6). The molecule has 0 unspecified atom stereocenters. The Morgan fingerprint density at radius 1 is 1.17 bits per heavy atom. The van der Waals surface area contributed by atoms with Crippen molar-refractivity contribution in [3.8, 4) is 0 Å². The van der Waals surface area contributed by atoms with E-state index in [2.05, 4.69) is 18.9 Å². The molecule has 0 saturated heterocycles. The molecule has 0 radical (unpaired) electrons. The van der Waals surface area contributed by atoms with Crippen LogP contribution in [0.3, 0.4) is 0 Å². The number of amides is 2. The molecule has 68 valence electrons. The zero-order valence-electron chi connectivity index (χ0n) is 6.76. The van der Waals surface area contributed by atoms with Crippen molar-refractivity contribution in [3.63, 3.8) is 0 Å². The highest BCUT2D eigenvalue weighted by molar-refractivity contribution is 6.41. The summed E-state index contributed by atoms with van der Waals surface area (Å²) in [5.41, 5.74) is 9.66. The van der Waals surface area contributed by atoms with Gasteiger partial charge in [0.05, 0.1) is 5.03 Å².